The fourth-order valence-electron chi connectivity index (χ4n) is 7.58. The van der Waals surface area contributed by atoms with Gasteiger partial charge in [0.1, 0.15) is 0 Å². The Hall–Kier alpha value is -5.07. The van der Waals surface area contributed by atoms with Gasteiger partial charge in [0.25, 0.3) is 0 Å². The van der Waals surface area contributed by atoms with Crippen molar-refractivity contribution in [3.05, 3.63) is 154 Å². The summed E-state index contributed by atoms with van der Waals surface area (Å²) in [6, 6.07) is 12.8. The molecule has 0 saturated carbocycles. The van der Waals surface area contributed by atoms with Gasteiger partial charge in [0.2, 0.25) is 12.3 Å². The molecule has 2 amide bonds. The van der Waals surface area contributed by atoms with Gasteiger partial charge in [-0.05, 0) is 96.5 Å². The number of hydrogen-bond donors (Lipinski definition) is 2. The fraction of sp³-hybridized carbons (Fsp3) is 0.354. The van der Waals surface area contributed by atoms with Gasteiger partial charge in [-0.15, -0.1) is 0 Å². The van der Waals surface area contributed by atoms with E-state index in [9.17, 15) is 9.59 Å². The number of amides is 2. The largest absolute Gasteiger partial charge is 0.357 e. The molecule has 0 aliphatic heterocycles. The number of fused-ring (bicyclic) bond motifs is 1. The van der Waals surface area contributed by atoms with Gasteiger partial charge in [0.05, 0.1) is 5.52 Å². The van der Waals surface area contributed by atoms with Crippen molar-refractivity contribution in [2.45, 2.75) is 85.4 Å². The highest BCUT2D eigenvalue weighted by molar-refractivity contribution is 5.90. The van der Waals surface area contributed by atoms with Crippen molar-refractivity contribution in [3.63, 3.8) is 0 Å². The molecule has 6 nitrogen and oxygen atoms in total. The van der Waals surface area contributed by atoms with E-state index in [0.29, 0.717) is 38.8 Å². The van der Waals surface area contributed by atoms with Crippen LogP contribution in [0.3, 0.4) is 0 Å². The van der Waals surface area contributed by atoms with Crippen LogP contribution in [0.25, 0.3) is 17.0 Å². The Kier molecular flexibility index (Phi) is 14.4. The molecule has 0 spiro atoms. The second-order valence-corrected chi connectivity index (χ2v) is 15.9. The Morgan fingerprint density at radius 2 is 1.76 bits per heavy atom. The number of aryl methyl sites for hydroxylation is 2. The Bertz CT molecular complexity index is 1970. The number of carbonyl (C=O) groups excluding carboxylic acids is 2. The highest BCUT2D eigenvalue weighted by Crippen LogP contribution is 2.38. The zero-order chi connectivity index (χ0) is 38.5. The van der Waals surface area contributed by atoms with E-state index in [1.807, 2.05) is 18.3 Å². The Morgan fingerprint density at radius 3 is 2.52 bits per heavy atom. The highest BCUT2D eigenvalue weighted by atomic mass is 16.1. The maximum absolute atomic E-state index is 13.1. The number of benzene rings is 2. The topological polar surface area (TPSA) is 74.3 Å². The lowest BCUT2D eigenvalue weighted by Crippen LogP contribution is -2.43. The number of aromatic nitrogens is 1. The summed E-state index contributed by atoms with van der Waals surface area (Å²) in [6.07, 6.45) is 31.2. The molecule has 0 saturated heterocycles. The van der Waals surface area contributed by atoms with Crippen molar-refractivity contribution in [1.29, 1.82) is 0 Å². The lowest BCUT2D eigenvalue weighted by Gasteiger charge is -2.28. The summed E-state index contributed by atoms with van der Waals surface area (Å²) in [5.41, 5.74) is 10.7. The second kappa shape index (κ2) is 19.3. The number of nitrogens with one attached hydrogen (secondary N) is 2. The number of allylic oxidation sites excluding steroid dienone is 12. The number of hydrogen-bond acceptors (Lipinski definition) is 4. The van der Waals surface area contributed by atoms with Crippen molar-refractivity contribution < 1.29 is 9.59 Å². The minimum atomic E-state index is -0.226. The first-order valence-electron chi connectivity index (χ1n) is 19.4. The molecule has 2 aromatic carbocycles. The SMILES string of the molecule is C=Cc1c(CN(C)Cc2ccc(C)cc2)c(CCC(CNC=O)NC(=O)CC(C)(C)C)c2cccnc2c1CC(C1=CC=CCC=C1)C1=CCC=CC=C1. The molecule has 5 rings (SSSR count). The Balaban J connectivity index is 1.62. The molecular weight excluding hydrogens is 665 g/mol. The van der Waals surface area contributed by atoms with Crippen LogP contribution in [-0.2, 0) is 35.5 Å². The smallest absolute Gasteiger partial charge is 0.220 e. The summed E-state index contributed by atoms with van der Waals surface area (Å²) >= 11 is 0. The molecule has 3 aromatic rings. The van der Waals surface area contributed by atoms with Crippen LogP contribution >= 0.6 is 0 Å². The van der Waals surface area contributed by atoms with E-state index < -0.39 is 0 Å². The van der Waals surface area contributed by atoms with Gasteiger partial charge in [0, 0.05) is 49.6 Å². The predicted octanol–water partition coefficient (Wildman–Crippen LogP) is 9.46. The van der Waals surface area contributed by atoms with Crippen LogP contribution in [0.4, 0.5) is 0 Å². The van der Waals surface area contributed by atoms with Crippen molar-refractivity contribution in [3.8, 4) is 0 Å². The minimum Gasteiger partial charge on any atom is -0.357 e. The van der Waals surface area contributed by atoms with E-state index in [1.165, 1.54) is 39.0 Å². The van der Waals surface area contributed by atoms with E-state index >= 15 is 0 Å². The summed E-state index contributed by atoms with van der Waals surface area (Å²) < 4.78 is 0. The van der Waals surface area contributed by atoms with Crippen molar-refractivity contribution in [2.24, 2.45) is 11.3 Å². The average molecular weight is 723 g/mol. The molecule has 1 aromatic heterocycles. The van der Waals surface area contributed by atoms with Crippen LogP contribution in [0.1, 0.15) is 79.8 Å². The Morgan fingerprint density at radius 1 is 0.963 bits per heavy atom. The van der Waals surface area contributed by atoms with Crippen LogP contribution in [0.15, 0.2) is 121 Å². The average Bonchev–Trinajstić information content (AvgIpc) is 3.59. The summed E-state index contributed by atoms with van der Waals surface area (Å²) in [5.74, 6) is 0.108. The van der Waals surface area contributed by atoms with Crippen LogP contribution in [-0.4, -0.2) is 41.8 Å². The molecule has 6 heteroatoms. The summed E-state index contributed by atoms with van der Waals surface area (Å²) in [4.78, 5) is 32.0. The van der Waals surface area contributed by atoms with E-state index in [4.69, 9.17) is 4.98 Å². The molecule has 2 aliphatic carbocycles. The number of pyridine rings is 1. The number of rotatable bonds is 17. The third-order valence-electron chi connectivity index (χ3n) is 10.1. The van der Waals surface area contributed by atoms with Gasteiger partial charge < -0.3 is 10.6 Å². The molecule has 54 heavy (non-hydrogen) atoms. The molecule has 282 valence electrons. The minimum absolute atomic E-state index is 0.00766. The maximum atomic E-state index is 13.1. The molecule has 2 unspecified atom stereocenters. The second-order valence-electron chi connectivity index (χ2n) is 15.9. The van der Waals surface area contributed by atoms with Crippen LogP contribution in [0.5, 0.6) is 0 Å². The normalized spacial score (nSPS) is 15.3. The molecule has 0 radical (unpaired) electrons. The lowest BCUT2D eigenvalue weighted by molar-refractivity contribution is -0.123. The standard InChI is InChI=1S/C48H58N4O2/c1-7-40-44(29-43(37-17-12-8-9-13-18-37)38-19-14-10-11-15-20-38)47-42(21-16-28-50-47)41(45(40)33-52(6)32-36-24-22-35(2)23-25-36)27-26-39(31-49-34-53)51-46(54)30-48(3,4)5/h7-10,12,14-25,28,34,39,43H,1,11,13,26-27,29-33H2,2-6H3,(H,49,53)(H,51,54). The number of nitrogens with zero attached hydrogens (tertiary/aromatic N) is 2. The first kappa shape index (κ1) is 40.1. The molecule has 0 fully saturated rings. The lowest BCUT2D eigenvalue weighted by atomic mass is 9.79. The summed E-state index contributed by atoms with van der Waals surface area (Å²) in [6.45, 7) is 14.6. The van der Waals surface area contributed by atoms with Crippen LogP contribution < -0.4 is 10.6 Å². The fourth-order valence-corrected chi connectivity index (χ4v) is 7.58. The van der Waals surface area contributed by atoms with E-state index in [2.05, 4.69) is 148 Å². The predicted molar refractivity (Wildman–Crippen MR) is 226 cm³/mol. The third-order valence-corrected chi connectivity index (χ3v) is 10.1. The molecule has 2 atom stereocenters. The van der Waals surface area contributed by atoms with Gasteiger partial charge in [-0.2, -0.15) is 0 Å². The van der Waals surface area contributed by atoms with Crippen molar-refractivity contribution >= 4 is 29.3 Å². The molecular formula is C48H58N4O2. The molecule has 1 heterocycles. The Labute approximate surface area is 323 Å². The van der Waals surface area contributed by atoms with Crippen LogP contribution in [0, 0.1) is 18.3 Å². The van der Waals surface area contributed by atoms with Crippen molar-refractivity contribution in [2.75, 3.05) is 13.6 Å². The van der Waals surface area contributed by atoms with Gasteiger partial charge in [-0.3, -0.25) is 19.5 Å². The number of carbonyl (C=O) groups is 2. The van der Waals surface area contributed by atoms with Gasteiger partial charge in [0.15, 0.2) is 0 Å². The molecule has 0 bridgehead atoms. The first-order chi connectivity index (χ1) is 26.1. The van der Waals surface area contributed by atoms with Gasteiger partial charge >= 0.3 is 0 Å². The van der Waals surface area contributed by atoms with Gasteiger partial charge in [-0.1, -0.05) is 130 Å². The summed E-state index contributed by atoms with van der Waals surface area (Å²) in [7, 11) is 2.18. The zero-order valence-electron chi connectivity index (χ0n) is 32.9. The molecule has 2 N–H and O–H groups in total. The van der Waals surface area contributed by atoms with E-state index in [-0.39, 0.29) is 23.3 Å². The van der Waals surface area contributed by atoms with E-state index in [1.54, 1.807) is 0 Å². The van der Waals surface area contributed by atoms with Crippen molar-refractivity contribution in [1.82, 2.24) is 20.5 Å². The zero-order valence-corrected chi connectivity index (χ0v) is 32.9. The summed E-state index contributed by atoms with van der Waals surface area (Å²) in [5, 5.41) is 7.18. The van der Waals surface area contributed by atoms with Gasteiger partial charge in [-0.25, -0.2) is 0 Å². The van der Waals surface area contributed by atoms with E-state index in [0.717, 1.165) is 42.3 Å². The monoisotopic (exact) mass is 722 g/mol. The third kappa shape index (κ3) is 11.2. The quantitative estimate of drug-likeness (QED) is 0.136. The van der Waals surface area contributed by atoms with Crippen LogP contribution in [0.2, 0.25) is 0 Å². The molecule has 2 aliphatic rings. The highest BCUT2D eigenvalue weighted by Gasteiger charge is 2.26. The maximum Gasteiger partial charge on any atom is 0.220 e. The first-order valence-corrected chi connectivity index (χ1v) is 19.4.